The fourth-order valence-electron chi connectivity index (χ4n) is 7.22. The van der Waals surface area contributed by atoms with Crippen LogP contribution in [0.1, 0.15) is 149 Å². The van der Waals surface area contributed by atoms with Crippen LogP contribution in [0.15, 0.2) is 48.6 Å². The summed E-state index contributed by atoms with van der Waals surface area (Å²) in [6, 6.07) is 0. The van der Waals surface area contributed by atoms with Crippen molar-refractivity contribution in [2.24, 2.45) is 11.8 Å². The van der Waals surface area contributed by atoms with E-state index in [0.29, 0.717) is 36.9 Å². The van der Waals surface area contributed by atoms with Gasteiger partial charge in [-0.05, 0) is 64.2 Å². The van der Waals surface area contributed by atoms with Crippen LogP contribution in [-0.4, -0.2) is 94.2 Å². The van der Waals surface area contributed by atoms with Crippen molar-refractivity contribution in [1.82, 2.24) is 0 Å². The highest BCUT2D eigenvalue weighted by Crippen LogP contribution is 2.45. The molecule has 2 rings (SSSR count). The largest absolute Gasteiger partial charge is 0.756 e. The number of phosphoric acid groups is 1. The molecule has 1 aliphatic carbocycles. The van der Waals surface area contributed by atoms with Crippen molar-refractivity contribution in [3.05, 3.63) is 48.6 Å². The Hall–Kier alpha value is -1.70. The second-order valence-electron chi connectivity index (χ2n) is 17.2. The second-order valence-corrected chi connectivity index (χ2v) is 18.6. The summed E-state index contributed by atoms with van der Waals surface area (Å²) in [5, 5.41) is 9.32. The number of fused-ring (bicyclic) bond motifs is 2. The van der Waals surface area contributed by atoms with Crippen molar-refractivity contribution in [2.45, 2.75) is 173 Å². The van der Waals surface area contributed by atoms with Gasteiger partial charge in [-0.1, -0.05) is 120 Å². The van der Waals surface area contributed by atoms with Gasteiger partial charge in [-0.3, -0.25) is 14.6 Å². The number of hydrogen-bond acceptors (Lipinski definition) is 11. The number of ether oxygens (including phenoxy) is 2. The SMILES string of the molecule is CC/C=C\CC(/C=C/C1C2CC(OO2)C1C/C=C\CCCC(=O)OC(COCCCCCCCC/C=C\CCCCCCCC)COP(=O)([O-])OCC[N+](C)(C)C)OO. The smallest absolute Gasteiger partial charge is 0.306 e. The molecule has 2 bridgehead atoms. The fourth-order valence-corrected chi connectivity index (χ4v) is 7.95. The predicted octanol–water partition coefficient (Wildman–Crippen LogP) is 10.4. The van der Waals surface area contributed by atoms with Gasteiger partial charge in [-0.15, -0.1) is 0 Å². The molecular weight excluding hydrogens is 773 g/mol. The van der Waals surface area contributed by atoms with E-state index in [-0.39, 0.29) is 50.3 Å². The van der Waals surface area contributed by atoms with E-state index >= 15 is 0 Å². The number of likely N-dealkylation sites (N-methyl/N-ethyl adjacent to an activating group) is 1. The van der Waals surface area contributed by atoms with E-state index in [0.717, 1.165) is 44.9 Å². The molecular formula is C46H82NO11P. The summed E-state index contributed by atoms with van der Waals surface area (Å²) in [5.41, 5.74) is 0. The monoisotopic (exact) mass is 856 g/mol. The molecule has 2 aliphatic rings. The third-order valence-electron chi connectivity index (χ3n) is 10.8. The second kappa shape index (κ2) is 32.9. The molecule has 0 aromatic carbocycles. The van der Waals surface area contributed by atoms with Gasteiger partial charge in [-0.25, -0.2) is 14.7 Å². The molecule has 0 aromatic rings. The van der Waals surface area contributed by atoms with E-state index in [9.17, 15) is 19.5 Å². The number of unbranched alkanes of at least 4 members (excludes halogenated alkanes) is 13. The Morgan fingerprint density at radius 3 is 2.12 bits per heavy atom. The van der Waals surface area contributed by atoms with Gasteiger partial charge in [0.2, 0.25) is 0 Å². The number of nitrogens with zero attached hydrogens (tertiary/aromatic N) is 1. The minimum Gasteiger partial charge on any atom is -0.756 e. The summed E-state index contributed by atoms with van der Waals surface area (Å²) >= 11 is 0. The van der Waals surface area contributed by atoms with Crippen LogP contribution in [0.5, 0.6) is 0 Å². The molecule has 0 spiro atoms. The fraction of sp³-hybridized carbons (Fsp3) is 0.804. The molecule has 1 heterocycles. The first kappa shape index (κ1) is 53.4. The average molecular weight is 856 g/mol. The van der Waals surface area contributed by atoms with Gasteiger partial charge >= 0.3 is 5.97 Å². The van der Waals surface area contributed by atoms with Crippen LogP contribution in [0, 0.1) is 11.8 Å². The van der Waals surface area contributed by atoms with E-state index in [2.05, 4.69) is 49.1 Å². The molecule has 342 valence electrons. The van der Waals surface area contributed by atoms with Crippen molar-refractivity contribution < 1.29 is 57.2 Å². The Morgan fingerprint density at radius 1 is 0.797 bits per heavy atom. The molecule has 7 atom stereocenters. The van der Waals surface area contributed by atoms with E-state index in [1.54, 1.807) is 0 Å². The van der Waals surface area contributed by atoms with Crippen molar-refractivity contribution >= 4 is 13.8 Å². The topological polar surface area (TPSA) is 142 Å². The Bertz CT molecular complexity index is 1240. The Labute approximate surface area is 357 Å². The van der Waals surface area contributed by atoms with E-state index in [1.165, 1.54) is 64.2 Å². The van der Waals surface area contributed by atoms with Gasteiger partial charge in [-0.2, -0.15) is 0 Å². The van der Waals surface area contributed by atoms with Gasteiger partial charge in [0.25, 0.3) is 7.82 Å². The van der Waals surface area contributed by atoms with Gasteiger partial charge in [0.05, 0.1) is 40.5 Å². The number of rotatable bonds is 38. The minimum atomic E-state index is -4.58. The first-order valence-electron chi connectivity index (χ1n) is 22.9. The zero-order chi connectivity index (χ0) is 43.0. The first-order valence-corrected chi connectivity index (χ1v) is 24.4. The molecule has 1 aliphatic heterocycles. The molecule has 59 heavy (non-hydrogen) atoms. The Morgan fingerprint density at radius 2 is 1.44 bits per heavy atom. The summed E-state index contributed by atoms with van der Waals surface area (Å²) in [5.74, 6) is -0.0438. The third kappa shape index (κ3) is 27.1. The van der Waals surface area contributed by atoms with Crippen LogP contribution in [0.4, 0.5) is 0 Å². The molecule has 0 amide bonds. The highest BCUT2D eigenvalue weighted by molar-refractivity contribution is 7.45. The lowest BCUT2D eigenvalue weighted by Gasteiger charge is -2.28. The van der Waals surface area contributed by atoms with Crippen molar-refractivity contribution in [1.29, 1.82) is 0 Å². The highest BCUT2D eigenvalue weighted by Gasteiger charge is 2.49. The lowest BCUT2D eigenvalue weighted by molar-refractivity contribution is -0.870. The maximum atomic E-state index is 12.8. The normalized spacial score (nSPS) is 21.7. The summed E-state index contributed by atoms with van der Waals surface area (Å²) in [7, 11) is 1.24. The summed E-state index contributed by atoms with van der Waals surface area (Å²) in [6.07, 6.45) is 37.3. The van der Waals surface area contributed by atoms with Crippen LogP contribution in [-0.2, 0) is 42.5 Å². The molecule has 7 unspecified atom stereocenters. The number of hydrogen-bond donors (Lipinski definition) is 1. The van der Waals surface area contributed by atoms with Gasteiger partial charge in [0, 0.05) is 31.3 Å². The lowest BCUT2D eigenvalue weighted by atomic mass is 9.89. The maximum Gasteiger partial charge on any atom is 0.306 e. The molecule has 1 saturated carbocycles. The first-order chi connectivity index (χ1) is 28.5. The number of phosphoric ester groups is 1. The van der Waals surface area contributed by atoms with Gasteiger partial charge < -0.3 is 27.9 Å². The van der Waals surface area contributed by atoms with Crippen LogP contribution in [0.2, 0.25) is 0 Å². The van der Waals surface area contributed by atoms with Crippen molar-refractivity contribution in [3.8, 4) is 0 Å². The van der Waals surface area contributed by atoms with Crippen molar-refractivity contribution in [2.75, 3.05) is 54.1 Å². The van der Waals surface area contributed by atoms with E-state index in [4.69, 9.17) is 28.3 Å². The van der Waals surface area contributed by atoms with E-state index in [1.807, 2.05) is 39.4 Å². The number of esters is 1. The average Bonchev–Trinajstić information content (AvgIpc) is 3.81. The number of carbonyl (C=O) groups excluding carboxylic acids is 1. The maximum absolute atomic E-state index is 12.8. The third-order valence-corrected chi connectivity index (χ3v) is 11.7. The molecule has 1 N–H and O–H groups in total. The summed E-state index contributed by atoms with van der Waals surface area (Å²) < 4.78 is 34.7. The Balaban J connectivity index is 1.71. The summed E-state index contributed by atoms with van der Waals surface area (Å²) in [4.78, 5) is 41.0. The zero-order valence-corrected chi connectivity index (χ0v) is 38.3. The van der Waals surface area contributed by atoms with Crippen molar-refractivity contribution in [3.63, 3.8) is 0 Å². The zero-order valence-electron chi connectivity index (χ0n) is 37.4. The number of quaternary nitrogens is 1. The van der Waals surface area contributed by atoms with Crippen LogP contribution in [0.3, 0.4) is 0 Å². The number of carbonyl (C=O) groups is 1. The standard InChI is InChI=1S/C46H82NO11P/c1-6-8-10-11-12-13-14-15-16-17-18-19-20-21-24-28-35-52-38-41(39-54-59(50,51)53-36-34-47(3,4)5)55-46(48)31-27-23-22-26-30-42-43(45-37-44(42)57-58-45)33-32-40(56-49)29-25-9-7-2/h9,15-16,22,25-26,32-33,40-45H,6-8,10-14,17-21,23-24,27-31,34-39H2,1-5H3,(H-,49,50,51)/b16-15-,25-9-,26-22-,33-32+. The molecule has 12 nitrogen and oxygen atoms in total. The van der Waals surface area contributed by atoms with Crippen LogP contribution in [0.25, 0.3) is 0 Å². The Kier molecular flexibility index (Phi) is 29.8. The summed E-state index contributed by atoms with van der Waals surface area (Å²) in [6.45, 7) is 4.97. The quantitative estimate of drug-likeness (QED) is 0.0121. The van der Waals surface area contributed by atoms with E-state index < -0.39 is 26.0 Å². The van der Waals surface area contributed by atoms with Crippen LogP contribution >= 0.6 is 7.82 Å². The lowest BCUT2D eigenvalue weighted by Crippen LogP contribution is -2.37. The molecule has 13 heteroatoms. The number of allylic oxidation sites excluding steroid dienone is 5. The van der Waals surface area contributed by atoms with Gasteiger partial charge in [0.1, 0.15) is 31.5 Å². The molecule has 2 fully saturated rings. The minimum absolute atomic E-state index is 0.00900. The highest BCUT2D eigenvalue weighted by atomic mass is 31.2. The molecule has 0 radical (unpaired) electrons. The predicted molar refractivity (Wildman–Crippen MR) is 232 cm³/mol. The molecule has 0 aromatic heterocycles. The van der Waals surface area contributed by atoms with Crippen LogP contribution < -0.4 is 4.89 Å². The van der Waals surface area contributed by atoms with Gasteiger partial charge in [0.15, 0.2) is 0 Å². The molecule has 1 saturated heterocycles.